The predicted octanol–water partition coefficient (Wildman–Crippen LogP) is 1.76. The first kappa shape index (κ1) is 75.9. The van der Waals surface area contributed by atoms with Gasteiger partial charge < -0.3 is 59.4 Å². The van der Waals surface area contributed by atoms with E-state index in [9.17, 15) is 59.4 Å². The Balaban J connectivity index is -0.0000000885. The Morgan fingerprint density at radius 3 is 0.621 bits per heavy atom. The minimum absolute atomic E-state index is 0.194. The van der Waals surface area contributed by atoms with Gasteiger partial charge >= 0.3 is 54.9 Å². The van der Waals surface area contributed by atoms with E-state index in [0.29, 0.717) is 19.3 Å². The topological polar surface area (TPSA) is 241 Å². The number of thiol groups is 6. The number of carboxylic acids is 6. The number of aliphatic carboxylic acids is 6. The van der Waals surface area contributed by atoms with Crippen LogP contribution in [0.1, 0.15) is 156 Å². The monoisotopic (exact) mass is 1150 g/mol. The Kier molecular flexibility index (Phi) is 90.5. The van der Waals surface area contributed by atoms with Gasteiger partial charge in [0, 0.05) is 33.0 Å². The zero-order valence-corrected chi connectivity index (χ0v) is 46.4. The molecule has 0 aliphatic rings. The van der Waals surface area contributed by atoms with Crippen molar-refractivity contribution in [3.05, 3.63) is 0 Å². The summed E-state index contributed by atoms with van der Waals surface area (Å²) in [5.41, 5.74) is 0. The number of carbonyl (C=O) groups excluding carboxylic acids is 6. The van der Waals surface area contributed by atoms with E-state index in [0.717, 1.165) is 38.5 Å². The molecule has 0 bridgehead atoms. The summed E-state index contributed by atoms with van der Waals surface area (Å²) in [5, 5.41) is 56.6. The summed E-state index contributed by atoms with van der Waals surface area (Å²) in [4.78, 5) is 62.6. The van der Waals surface area contributed by atoms with Crippen molar-refractivity contribution in [3.63, 3.8) is 0 Å². The van der Waals surface area contributed by atoms with Gasteiger partial charge in [0.05, 0.1) is 35.8 Å². The summed E-state index contributed by atoms with van der Waals surface area (Å²) >= 11 is 24.9. The first-order chi connectivity index (χ1) is 27.4. The van der Waals surface area contributed by atoms with Crippen molar-refractivity contribution in [2.45, 2.75) is 181 Å². The van der Waals surface area contributed by atoms with Crippen molar-refractivity contribution < 1.29 is 59.4 Å². The summed E-state index contributed by atoms with van der Waals surface area (Å²) in [7, 11) is 0. The number of carbonyl (C=O) groups is 6. The third kappa shape index (κ3) is 96.4. The molecule has 0 amide bonds. The molecule has 0 aromatic carbocycles. The first-order valence-electron chi connectivity index (χ1n) is 19.4. The summed E-state index contributed by atoms with van der Waals surface area (Å²) in [6, 6.07) is 0. The van der Waals surface area contributed by atoms with E-state index in [1.165, 1.54) is 77.0 Å². The van der Waals surface area contributed by atoms with Crippen LogP contribution in [0.2, 0.25) is 9.88 Å². The molecule has 0 N–H and O–H groups in total. The number of hydrogen-bond donors (Lipinski definition) is 6. The van der Waals surface area contributed by atoms with Gasteiger partial charge in [-0.05, 0) is 19.3 Å². The molecule has 0 heterocycles. The van der Waals surface area contributed by atoms with E-state index >= 15 is 0 Å². The van der Waals surface area contributed by atoms with Crippen LogP contribution in [0.25, 0.3) is 0 Å². The van der Waals surface area contributed by atoms with Crippen LogP contribution in [0.15, 0.2) is 0 Å². The molecule has 3 unspecified atom stereocenters. The molecule has 12 nitrogen and oxygen atoms in total. The van der Waals surface area contributed by atoms with Gasteiger partial charge in [0.25, 0.3) is 0 Å². The second-order valence-electron chi connectivity index (χ2n) is 11.8. The van der Waals surface area contributed by atoms with E-state index in [1.54, 1.807) is 45.0 Å². The van der Waals surface area contributed by atoms with Crippen LogP contribution in [-0.2, 0) is 28.8 Å². The number of rotatable bonds is 27. The molecule has 0 radical (unpaired) electrons. The van der Waals surface area contributed by atoms with Crippen LogP contribution in [0.3, 0.4) is 0 Å². The fraction of sp³-hybridized carbons (Fsp3) is 0.842. The van der Waals surface area contributed by atoms with Gasteiger partial charge in [-0.3, -0.25) is 0 Å². The minimum atomic E-state index is -1.13. The van der Waals surface area contributed by atoms with Gasteiger partial charge in [-0.1, -0.05) is 136 Å². The molecule has 0 aromatic rings. The quantitative estimate of drug-likeness (QED) is 0.0392. The molecule has 3 atom stereocenters. The average Bonchev–Trinajstić information content (AvgIpc) is 3.21. The number of unbranched alkanes of at least 4 members (excludes halogenated alkanes) is 15. The molecule has 340 valence electrons. The first-order valence-corrected chi connectivity index (χ1v) is 28.6. The molecular weight excluding hydrogens is 1080 g/mol. The van der Waals surface area contributed by atoms with Gasteiger partial charge in [0.2, 0.25) is 0 Å². The summed E-state index contributed by atoms with van der Waals surface area (Å²) in [5.74, 6) is -7.11. The Bertz CT molecular complexity index is 789. The SMILES string of the molecule is CCCCCCCCC(S)C(=O)[O-].CCCCCCCCC(S)C(=O)[O-].CCCCCCCCC(S)C(=O)[O-].O=C([O-])CS.O=C([O-])CS.O=C([O-])CS.[CH3][Sn+3].[CH3][Sn+3]. The summed E-state index contributed by atoms with van der Waals surface area (Å²) in [6.07, 6.45) is 23.1. The zero-order valence-electron chi connectivity index (χ0n) is 35.3. The third-order valence-electron chi connectivity index (χ3n) is 6.70. The van der Waals surface area contributed by atoms with E-state index < -0.39 is 51.6 Å². The van der Waals surface area contributed by atoms with Crippen molar-refractivity contribution in [3.8, 4) is 0 Å². The Morgan fingerprint density at radius 1 is 0.362 bits per heavy atom. The van der Waals surface area contributed by atoms with Gasteiger partial charge in [-0.25, -0.2) is 0 Å². The Hall–Kier alpha value is 0.517. The molecular formula is C38H72O12S6Sn2. The number of hydrogen-bond acceptors (Lipinski definition) is 18. The third-order valence-corrected chi connectivity index (χ3v) is 8.88. The van der Waals surface area contributed by atoms with Crippen LogP contribution in [0, 0.1) is 0 Å². The van der Waals surface area contributed by atoms with Gasteiger partial charge in [-0.2, -0.15) is 75.8 Å². The van der Waals surface area contributed by atoms with E-state index in [2.05, 4.69) is 106 Å². The standard InChI is InChI=1S/3C10H20O2S.3C2H4O2S.2CH3.2Sn/c3*1-2-3-4-5-6-7-8-9(13)10(11)12;3*3-2(4)1-5;;;;/h3*9,13H,2-8H2,1H3,(H,11,12);3*5H,1H2,(H,3,4);2*1H3;;/q;;;;;;;;2*+3/p-6. The molecule has 0 saturated carbocycles. The fourth-order valence-corrected chi connectivity index (χ4v) is 4.26. The zero-order chi connectivity index (χ0) is 47.2. The van der Waals surface area contributed by atoms with Crippen molar-refractivity contribution in [2.75, 3.05) is 17.3 Å². The second kappa shape index (κ2) is 69.2. The van der Waals surface area contributed by atoms with Gasteiger partial charge in [0.15, 0.2) is 0 Å². The predicted molar refractivity (Wildman–Crippen MR) is 247 cm³/mol. The second-order valence-corrected chi connectivity index (χ2v) is 14.6. The molecule has 0 spiro atoms. The van der Waals surface area contributed by atoms with Crippen molar-refractivity contribution in [1.29, 1.82) is 0 Å². The average molecular weight is 1150 g/mol. The normalized spacial score (nSPS) is 10.7. The van der Waals surface area contributed by atoms with Crippen LogP contribution in [0.4, 0.5) is 0 Å². The maximum absolute atomic E-state index is 10.3. The van der Waals surface area contributed by atoms with Crippen molar-refractivity contribution in [2.24, 2.45) is 0 Å². The molecule has 0 fully saturated rings. The molecule has 20 heteroatoms. The van der Waals surface area contributed by atoms with E-state index in [-0.39, 0.29) is 17.3 Å². The molecule has 0 aliphatic carbocycles. The van der Waals surface area contributed by atoms with Crippen molar-refractivity contribution in [1.82, 2.24) is 0 Å². The maximum atomic E-state index is 10.3. The Labute approximate surface area is 410 Å². The summed E-state index contributed by atoms with van der Waals surface area (Å²) in [6.45, 7) is 6.54. The fourth-order valence-electron chi connectivity index (χ4n) is 3.71. The summed E-state index contributed by atoms with van der Waals surface area (Å²) < 4.78 is 0. The molecule has 0 rings (SSSR count). The van der Waals surface area contributed by atoms with Crippen LogP contribution >= 0.6 is 75.8 Å². The molecule has 0 saturated heterocycles. The molecule has 58 heavy (non-hydrogen) atoms. The van der Waals surface area contributed by atoms with Crippen LogP contribution in [-0.4, -0.2) is 114 Å². The molecule has 0 aliphatic heterocycles. The van der Waals surface area contributed by atoms with Crippen molar-refractivity contribution >= 4 is 157 Å². The van der Waals surface area contributed by atoms with E-state index in [1.807, 2.05) is 0 Å². The van der Waals surface area contributed by atoms with Crippen LogP contribution in [0.5, 0.6) is 0 Å². The van der Waals surface area contributed by atoms with Gasteiger partial charge in [-0.15, -0.1) is 0 Å². The molecule has 0 aromatic heterocycles. The Morgan fingerprint density at radius 2 is 0.500 bits per heavy atom. The van der Waals surface area contributed by atoms with Crippen LogP contribution < -0.4 is 30.6 Å². The number of carboxylic acid groups (broad SMARTS) is 6. The van der Waals surface area contributed by atoms with Gasteiger partial charge in [0.1, 0.15) is 0 Å². The van der Waals surface area contributed by atoms with E-state index in [4.69, 9.17) is 0 Å².